The van der Waals surface area contributed by atoms with Gasteiger partial charge in [0.1, 0.15) is 5.01 Å². The van der Waals surface area contributed by atoms with E-state index in [9.17, 15) is 4.79 Å². The zero-order valence-corrected chi connectivity index (χ0v) is 10.1. The molecule has 6 heteroatoms. The number of nitrogens with zero attached hydrogens (tertiary/aromatic N) is 2. The minimum atomic E-state index is -0.164. The van der Waals surface area contributed by atoms with E-state index < -0.39 is 0 Å². The van der Waals surface area contributed by atoms with Gasteiger partial charge in [-0.3, -0.25) is 5.32 Å². The topological polar surface area (TPSA) is 66.9 Å². The lowest BCUT2D eigenvalue weighted by molar-refractivity contribution is 0.244. The first-order valence-corrected chi connectivity index (χ1v) is 6.43. The van der Waals surface area contributed by atoms with E-state index in [2.05, 4.69) is 20.8 Å². The average molecular weight is 240 g/mol. The van der Waals surface area contributed by atoms with Crippen LogP contribution in [0.15, 0.2) is 0 Å². The highest BCUT2D eigenvalue weighted by Crippen LogP contribution is 2.18. The molecule has 16 heavy (non-hydrogen) atoms. The van der Waals surface area contributed by atoms with Gasteiger partial charge in [0, 0.05) is 6.04 Å². The maximum absolute atomic E-state index is 11.6. The number of hydrogen-bond acceptors (Lipinski definition) is 4. The Bertz CT molecular complexity index is 359. The average Bonchev–Trinajstić information content (AvgIpc) is 2.65. The number of urea groups is 1. The molecule has 0 bridgehead atoms. The molecule has 1 aromatic rings. The van der Waals surface area contributed by atoms with Crippen molar-refractivity contribution in [2.75, 3.05) is 5.32 Å². The van der Waals surface area contributed by atoms with E-state index >= 15 is 0 Å². The highest BCUT2D eigenvalue weighted by Gasteiger charge is 2.16. The van der Waals surface area contributed by atoms with Crippen molar-refractivity contribution in [2.45, 2.75) is 45.1 Å². The Labute approximate surface area is 98.7 Å². The maximum Gasteiger partial charge on any atom is 0.321 e. The Hall–Kier alpha value is -1.17. The molecule has 1 aromatic heterocycles. The minimum Gasteiger partial charge on any atom is -0.335 e. The normalized spacial score (nSPS) is 17.1. The molecule has 2 rings (SSSR count). The van der Waals surface area contributed by atoms with Crippen molar-refractivity contribution in [3.63, 3.8) is 0 Å². The fourth-order valence-electron chi connectivity index (χ4n) is 1.91. The number of carbonyl (C=O) groups excluding carboxylic acids is 1. The molecule has 1 heterocycles. The summed E-state index contributed by atoms with van der Waals surface area (Å²) in [4.78, 5) is 11.6. The Morgan fingerprint density at radius 3 is 2.69 bits per heavy atom. The van der Waals surface area contributed by atoms with Crippen molar-refractivity contribution in [2.24, 2.45) is 0 Å². The number of hydrogen-bond donors (Lipinski definition) is 2. The van der Waals surface area contributed by atoms with Gasteiger partial charge < -0.3 is 5.32 Å². The summed E-state index contributed by atoms with van der Waals surface area (Å²) in [5.41, 5.74) is 0. The summed E-state index contributed by atoms with van der Waals surface area (Å²) >= 11 is 1.38. The third kappa shape index (κ3) is 3.16. The molecular formula is C10H16N4OS. The molecule has 0 atom stereocenters. The lowest BCUT2D eigenvalue weighted by atomic mass is 9.96. The first kappa shape index (κ1) is 11.3. The predicted molar refractivity (Wildman–Crippen MR) is 63.7 cm³/mol. The fourth-order valence-corrected chi connectivity index (χ4v) is 2.50. The molecule has 1 saturated carbocycles. The van der Waals surface area contributed by atoms with Gasteiger partial charge in [0.2, 0.25) is 5.13 Å². The molecule has 5 nitrogen and oxygen atoms in total. The van der Waals surface area contributed by atoms with E-state index in [0.29, 0.717) is 11.2 Å². The molecule has 1 aliphatic carbocycles. The van der Waals surface area contributed by atoms with Gasteiger partial charge >= 0.3 is 6.03 Å². The molecule has 0 aromatic carbocycles. The van der Waals surface area contributed by atoms with Crippen LogP contribution in [0.3, 0.4) is 0 Å². The number of amides is 2. The maximum atomic E-state index is 11.6. The van der Waals surface area contributed by atoms with Gasteiger partial charge in [-0.2, -0.15) is 0 Å². The number of nitrogens with one attached hydrogen (secondary N) is 2. The third-order valence-corrected chi connectivity index (χ3v) is 3.44. The molecule has 0 radical (unpaired) electrons. The number of aryl methyl sites for hydroxylation is 1. The number of carbonyl (C=O) groups is 1. The van der Waals surface area contributed by atoms with Crippen molar-refractivity contribution in [1.82, 2.24) is 15.5 Å². The van der Waals surface area contributed by atoms with Gasteiger partial charge in [-0.25, -0.2) is 4.79 Å². The van der Waals surface area contributed by atoms with Crippen molar-refractivity contribution in [3.8, 4) is 0 Å². The summed E-state index contributed by atoms with van der Waals surface area (Å²) in [6, 6.07) is 0.158. The van der Waals surface area contributed by atoms with E-state index in [-0.39, 0.29) is 6.03 Å². The zero-order chi connectivity index (χ0) is 11.4. The quantitative estimate of drug-likeness (QED) is 0.833. The number of rotatable bonds is 2. The fraction of sp³-hybridized carbons (Fsp3) is 0.700. The van der Waals surface area contributed by atoms with Crippen LogP contribution in [0.4, 0.5) is 9.93 Å². The molecule has 0 aliphatic heterocycles. The molecule has 1 fully saturated rings. The van der Waals surface area contributed by atoms with Gasteiger partial charge in [0.25, 0.3) is 0 Å². The SMILES string of the molecule is Cc1nnc(NC(=O)NC2CCCCC2)s1. The number of anilines is 1. The highest BCUT2D eigenvalue weighted by molar-refractivity contribution is 7.15. The van der Waals surface area contributed by atoms with Crippen molar-refractivity contribution in [1.29, 1.82) is 0 Å². The molecule has 1 aliphatic rings. The smallest absolute Gasteiger partial charge is 0.321 e. The standard InChI is InChI=1S/C10H16N4OS/c1-7-13-14-10(16-7)12-9(15)11-8-5-3-2-4-6-8/h8H,2-6H2,1H3,(H2,11,12,14,15). The summed E-state index contributed by atoms with van der Waals surface area (Å²) in [6.07, 6.45) is 5.88. The minimum absolute atomic E-state index is 0.164. The van der Waals surface area contributed by atoms with Crippen LogP contribution in [-0.2, 0) is 0 Å². The summed E-state index contributed by atoms with van der Waals surface area (Å²) in [5, 5.41) is 14.8. The summed E-state index contributed by atoms with van der Waals surface area (Å²) in [5.74, 6) is 0. The second-order valence-corrected chi connectivity index (χ2v) is 5.24. The Morgan fingerprint density at radius 1 is 1.31 bits per heavy atom. The monoisotopic (exact) mass is 240 g/mol. The largest absolute Gasteiger partial charge is 0.335 e. The Balaban J connectivity index is 1.79. The van der Waals surface area contributed by atoms with Crippen molar-refractivity contribution < 1.29 is 4.79 Å². The van der Waals surface area contributed by atoms with Crippen LogP contribution in [-0.4, -0.2) is 22.3 Å². The van der Waals surface area contributed by atoms with Gasteiger partial charge in [-0.15, -0.1) is 10.2 Å². The van der Waals surface area contributed by atoms with Crippen molar-refractivity contribution >= 4 is 22.5 Å². The van der Waals surface area contributed by atoms with Crippen LogP contribution in [0, 0.1) is 6.92 Å². The van der Waals surface area contributed by atoms with E-state index in [1.54, 1.807) is 0 Å². The predicted octanol–water partition coefficient (Wildman–Crippen LogP) is 2.30. The molecule has 0 saturated heterocycles. The second kappa shape index (κ2) is 5.25. The van der Waals surface area contributed by atoms with Crippen LogP contribution in [0.25, 0.3) is 0 Å². The first-order valence-electron chi connectivity index (χ1n) is 5.61. The molecular weight excluding hydrogens is 224 g/mol. The van der Waals surface area contributed by atoms with Crippen LogP contribution in [0.1, 0.15) is 37.1 Å². The third-order valence-electron chi connectivity index (χ3n) is 2.69. The lowest BCUT2D eigenvalue weighted by Crippen LogP contribution is -2.38. The summed E-state index contributed by atoms with van der Waals surface area (Å²) in [6.45, 7) is 1.86. The molecule has 0 spiro atoms. The van der Waals surface area contributed by atoms with Gasteiger partial charge in [0.05, 0.1) is 0 Å². The van der Waals surface area contributed by atoms with Crippen LogP contribution < -0.4 is 10.6 Å². The Morgan fingerprint density at radius 2 is 2.06 bits per heavy atom. The zero-order valence-electron chi connectivity index (χ0n) is 9.32. The van der Waals surface area contributed by atoms with E-state index in [1.165, 1.54) is 30.6 Å². The van der Waals surface area contributed by atoms with E-state index in [4.69, 9.17) is 0 Å². The molecule has 88 valence electrons. The molecule has 0 unspecified atom stereocenters. The first-order chi connectivity index (χ1) is 7.74. The number of aromatic nitrogens is 2. The van der Waals surface area contributed by atoms with Crippen LogP contribution >= 0.6 is 11.3 Å². The van der Waals surface area contributed by atoms with Crippen molar-refractivity contribution in [3.05, 3.63) is 5.01 Å². The van der Waals surface area contributed by atoms with Gasteiger partial charge in [0.15, 0.2) is 0 Å². The van der Waals surface area contributed by atoms with Crippen LogP contribution in [0.5, 0.6) is 0 Å². The van der Waals surface area contributed by atoms with Crippen LogP contribution in [0.2, 0.25) is 0 Å². The molecule has 2 N–H and O–H groups in total. The molecule has 2 amide bonds. The van der Waals surface area contributed by atoms with E-state index in [0.717, 1.165) is 17.8 Å². The van der Waals surface area contributed by atoms with Gasteiger partial charge in [-0.1, -0.05) is 30.6 Å². The second-order valence-electron chi connectivity index (χ2n) is 4.06. The van der Waals surface area contributed by atoms with Gasteiger partial charge in [-0.05, 0) is 19.8 Å². The highest BCUT2D eigenvalue weighted by atomic mass is 32.1. The summed E-state index contributed by atoms with van der Waals surface area (Å²) in [7, 11) is 0. The van der Waals surface area contributed by atoms with E-state index in [1.807, 2.05) is 6.92 Å². The lowest BCUT2D eigenvalue weighted by Gasteiger charge is -2.22. The summed E-state index contributed by atoms with van der Waals surface area (Å²) < 4.78 is 0. The Kier molecular flexibility index (Phi) is 3.71.